The molecule has 106 valence electrons. The molecule has 0 saturated carbocycles. The largest absolute Gasteiger partial charge is 0.394 e. The van der Waals surface area contributed by atoms with E-state index >= 15 is 0 Å². The molecule has 0 amide bonds. The highest BCUT2D eigenvalue weighted by Crippen LogP contribution is 2.12. The maximum atomic E-state index is 5.40. The van der Waals surface area contributed by atoms with Crippen molar-refractivity contribution in [1.82, 2.24) is 9.55 Å². The molecule has 0 radical (unpaired) electrons. The van der Waals surface area contributed by atoms with E-state index < -0.39 is 0 Å². The van der Waals surface area contributed by atoms with Crippen molar-refractivity contribution in [2.45, 2.75) is 19.8 Å². The molecule has 2 aromatic rings. The Labute approximate surface area is 119 Å². The predicted molar refractivity (Wildman–Crippen MR) is 80.0 cm³/mol. The highest BCUT2D eigenvalue weighted by atomic mass is 16.6. The Hall–Kier alpha value is -2.14. The standard InChI is InChI=1S/C15H20N4O/c1-2-3-15(18-20-11-8-16)13-4-6-14(7-5-13)19-10-9-17-12-19/h4-7,9-10,12H,2-3,8,11,16H2,1H3. The Kier molecular flexibility index (Phi) is 5.32. The molecule has 0 fully saturated rings. The van der Waals surface area contributed by atoms with Gasteiger partial charge < -0.3 is 15.1 Å². The minimum Gasteiger partial charge on any atom is -0.394 e. The maximum Gasteiger partial charge on any atom is 0.129 e. The van der Waals surface area contributed by atoms with E-state index in [1.807, 2.05) is 22.9 Å². The van der Waals surface area contributed by atoms with Crippen LogP contribution in [0.25, 0.3) is 5.69 Å². The number of hydrogen-bond donors (Lipinski definition) is 1. The molecule has 2 N–H and O–H groups in total. The van der Waals surface area contributed by atoms with Crippen molar-refractivity contribution >= 4 is 5.71 Å². The molecule has 0 atom stereocenters. The molecule has 1 aromatic heterocycles. The quantitative estimate of drug-likeness (QED) is 0.478. The minimum atomic E-state index is 0.445. The third kappa shape index (κ3) is 3.68. The molecule has 5 nitrogen and oxygen atoms in total. The fourth-order valence-corrected chi connectivity index (χ4v) is 1.89. The van der Waals surface area contributed by atoms with Crippen molar-refractivity contribution in [3.8, 4) is 5.69 Å². The average Bonchev–Trinajstić information content (AvgIpc) is 3.01. The highest BCUT2D eigenvalue weighted by molar-refractivity contribution is 6.00. The number of hydrogen-bond acceptors (Lipinski definition) is 4. The lowest BCUT2D eigenvalue weighted by molar-refractivity contribution is 0.152. The van der Waals surface area contributed by atoms with Gasteiger partial charge in [-0.1, -0.05) is 30.6 Å². The van der Waals surface area contributed by atoms with Gasteiger partial charge in [-0.15, -0.1) is 0 Å². The molecule has 5 heteroatoms. The van der Waals surface area contributed by atoms with Gasteiger partial charge in [-0.3, -0.25) is 0 Å². The summed E-state index contributed by atoms with van der Waals surface area (Å²) in [6, 6.07) is 8.20. The van der Waals surface area contributed by atoms with E-state index in [4.69, 9.17) is 10.6 Å². The summed E-state index contributed by atoms with van der Waals surface area (Å²) < 4.78 is 1.96. The zero-order valence-electron chi connectivity index (χ0n) is 11.7. The van der Waals surface area contributed by atoms with E-state index in [1.54, 1.807) is 12.5 Å². The van der Waals surface area contributed by atoms with Crippen LogP contribution in [0.3, 0.4) is 0 Å². The topological polar surface area (TPSA) is 65.4 Å². The molecule has 0 bridgehead atoms. The van der Waals surface area contributed by atoms with Crippen molar-refractivity contribution in [3.63, 3.8) is 0 Å². The highest BCUT2D eigenvalue weighted by Gasteiger charge is 2.04. The Morgan fingerprint density at radius 2 is 2.15 bits per heavy atom. The van der Waals surface area contributed by atoms with Gasteiger partial charge in [0.2, 0.25) is 0 Å². The maximum absolute atomic E-state index is 5.40. The van der Waals surface area contributed by atoms with Crippen molar-refractivity contribution in [1.29, 1.82) is 0 Å². The second-order valence-corrected chi connectivity index (χ2v) is 4.43. The molecule has 0 spiro atoms. The Morgan fingerprint density at radius 3 is 2.75 bits per heavy atom. The molecule has 0 saturated heterocycles. The van der Waals surface area contributed by atoms with Gasteiger partial charge in [0.15, 0.2) is 0 Å². The van der Waals surface area contributed by atoms with Crippen LogP contribution in [-0.4, -0.2) is 28.4 Å². The van der Waals surface area contributed by atoms with Crippen molar-refractivity contribution in [3.05, 3.63) is 48.5 Å². The fourth-order valence-electron chi connectivity index (χ4n) is 1.89. The average molecular weight is 272 g/mol. The molecule has 20 heavy (non-hydrogen) atoms. The molecular formula is C15H20N4O. The van der Waals surface area contributed by atoms with Gasteiger partial charge in [-0.05, 0) is 24.1 Å². The first-order chi connectivity index (χ1) is 9.85. The van der Waals surface area contributed by atoms with E-state index in [-0.39, 0.29) is 0 Å². The molecule has 0 aliphatic rings. The number of nitrogens with zero attached hydrogens (tertiary/aromatic N) is 3. The summed E-state index contributed by atoms with van der Waals surface area (Å²) in [5.74, 6) is 0. The first-order valence-electron chi connectivity index (χ1n) is 6.82. The van der Waals surface area contributed by atoms with Gasteiger partial charge >= 0.3 is 0 Å². The van der Waals surface area contributed by atoms with E-state index in [0.717, 1.165) is 29.8 Å². The zero-order chi connectivity index (χ0) is 14.2. The molecule has 0 aliphatic heterocycles. The molecule has 2 rings (SSSR count). The number of rotatable bonds is 7. The van der Waals surface area contributed by atoms with Crippen LogP contribution in [0.2, 0.25) is 0 Å². The summed E-state index contributed by atoms with van der Waals surface area (Å²) in [5, 5.41) is 4.18. The van der Waals surface area contributed by atoms with Crippen LogP contribution < -0.4 is 5.73 Å². The zero-order valence-corrected chi connectivity index (χ0v) is 11.7. The van der Waals surface area contributed by atoms with Crippen LogP contribution in [0.5, 0.6) is 0 Å². The minimum absolute atomic E-state index is 0.445. The summed E-state index contributed by atoms with van der Waals surface area (Å²) in [6.07, 6.45) is 7.36. The van der Waals surface area contributed by atoms with E-state index in [0.29, 0.717) is 13.2 Å². The lowest BCUT2D eigenvalue weighted by Crippen LogP contribution is -2.08. The van der Waals surface area contributed by atoms with E-state index in [9.17, 15) is 0 Å². The number of nitrogens with two attached hydrogens (primary N) is 1. The van der Waals surface area contributed by atoms with Crippen LogP contribution in [0.4, 0.5) is 0 Å². The molecular weight excluding hydrogens is 252 g/mol. The lowest BCUT2D eigenvalue weighted by atomic mass is 10.1. The Bertz CT molecular complexity index is 532. The molecule has 0 aliphatic carbocycles. The monoisotopic (exact) mass is 272 g/mol. The van der Waals surface area contributed by atoms with E-state index in [2.05, 4.69) is 29.2 Å². The van der Waals surface area contributed by atoms with Crippen LogP contribution in [0.1, 0.15) is 25.3 Å². The smallest absolute Gasteiger partial charge is 0.129 e. The summed E-state index contributed by atoms with van der Waals surface area (Å²) in [6.45, 7) is 3.04. The van der Waals surface area contributed by atoms with Gasteiger partial charge in [0.1, 0.15) is 6.61 Å². The number of aromatic nitrogens is 2. The van der Waals surface area contributed by atoms with Crippen molar-refractivity contribution in [2.75, 3.05) is 13.2 Å². The van der Waals surface area contributed by atoms with Crippen molar-refractivity contribution < 1.29 is 4.84 Å². The van der Waals surface area contributed by atoms with Crippen LogP contribution in [0.15, 0.2) is 48.1 Å². The second kappa shape index (κ2) is 7.45. The van der Waals surface area contributed by atoms with Crippen LogP contribution in [-0.2, 0) is 4.84 Å². The van der Waals surface area contributed by atoms with E-state index in [1.165, 1.54) is 0 Å². The van der Waals surface area contributed by atoms with Gasteiger partial charge in [0, 0.05) is 24.6 Å². The second-order valence-electron chi connectivity index (χ2n) is 4.43. The van der Waals surface area contributed by atoms with Gasteiger partial charge in [0.05, 0.1) is 12.0 Å². The molecule has 0 unspecified atom stereocenters. The third-order valence-corrected chi connectivity index (χ3v) is 2.87. The third-order valence-electron chi connectivity index (χ3n) is 2.87. The van der Waals surface area contributed by atoms with Gasteiger partial charge in [-0.2, -0.15) is 0 Å². The molecule has 1 aromatic carbocycles. The Balaban J connectivity index is 2.15. The van der Waals surface area contributed by atoms with Gasteiger partial charge in [0.25, 0.3) is 0 Å². The summed E-state index contributed by atoms with van der Waals surface area (Å²) in [5.41, 5.74) is 8.51. The summed E-state index contributed by atoms with van der Waals surface area (Å²) in [4.78, 5) is 9.24. The van der Waals surface area contributed by atoms with Crippen LogP contribution in [0, 0.1) is 0 Å². The SMILES string of the molecule is CCCC(=NOCCN)c1ccc(-n2ccnc2)cc1. The van der Waals surface area contributed by atoms with Gasteiger partial charge in [-0.25, -0.2) is 4.98 Å². The summed E-state index contributed by atoms with van der Waals surface area (Å²) >= 11 is 0. The van der Waals surface area contributed by atoms with Crippen LogP contribution >= 0.6 is 0 Å². The molecule has 1 heterocycles. The lowest BCUT2D eigenvalue weighted by Gasteiger charge is -2.07. The number of benzene rings is 1. The first-order valence-corrected chi connectivity index (χ1v) is 6.82. The Morgan fingerprint density at radius 1 is 1.35 bits per heavy atom. The van der Waals surface area contributed by atoms with Crippen molar-refractivity contribution in [2.24, 2.45) is 10.9 Å². The summed E-state index contributed by atoms with van der Waals surface area (Å²) in [7, 11) is 0. The number of imidazole rings is 1. The fraction of sp³-hybridized carbons (Fsp3) is 0.333. The number of oxime groups is 1. The first kappa shape index (κ1) is 14.3. The normalized spacial score (nSPS) is 11.6. The predicted octanol–water partition coefficient (Wildman–Crippen LogP) is 2.35.